The largest absolute Gasteiger partial charge is 0.505 e. The van der Waals surface area contributed by atoms with E-state index in [1.54, 1.807) is 24.3 Å². The van der Waals surface area contributed by atoms with E-state index in [1.807, 2.05) is 63.2 Å². The Morgan fingerprint density at radius 1 is 0.449 bits per heavy atom. The van der Waals surface area contributed by atoms with Crippen molar-refractivity contribution in [2.24, 2.45) is 4.99 Å². The molecule has 14 rings (SSSR count). The number of phenols is 1. The number of aryl methyl sites for hydroxylation is 2. The van der Waals surface area contributed by atoms with Crippen LogP contribution in [-0.4, -0.2) is 221 Å². The number of aromatic nitrogens is 5. The summed E-state index contributed by atoms with van der Waals surface area (Å²) >= 11 is 3.52. The molecule has 43 heteroatoms. The Labute approximate surface area is 794 Å². The number of aromatic hydroxyl groups is 1. The number of carboxylic acid groups (broad SMARTS) is 3. The van der Waals surface area contributed by atoms with Crippen LogP contribution in [0.25, 0.3) is 34.0 Å². The van der Waals surface area contributed by atoms with Crippen molar-refractivity contribution in [2.75, 3.05) is 116 Å². The Balaban J connectivity index is 0.000000202. The molecule has 0 unspecified atom stereocenters. The number of halogens is 8. The van der Waals surface area contributed by atoms with E-state index in [9.17, 15) is 64.3 Å². The summed E-state index contributed by atoms with van der Waals surface area (Å²) in [7, 11) is 8.59. The highest BCUT2D eigenvalue weighted by molar-refractivity contribution is 9.10. The topological polar surface area (TPSA) is 433 Å². The van der Waals surface area contributed by atoms with E-state index in [1.165, 1.54) is 97.3 Å². The molecule has 138 heavy (non-hydrogen) atoms. The highest BCUT2D eigenvalue weighted by Crippen LogP contribution is 2.37. The smallest absolute Gasteiger partial charge is 0.335 e. The number of aliphatic imine (C=N–C) groups is 1. The second kappa shape index (κ2) is 55.6. The van der Waals surface area contributed by atoms with E-state index in [0.29, 0.717) is 31.9 Å². The van der Waals surface area contributed by atoms with E-state index in [-0.39, 0.29) is 135 Å². The third-order valence-electron chi connectivity index (χ3n) is 18.7. The lowest BCUT2D eigenvalue weighted by Crippen LogP contribution is -2.30. The number of amides is 2. The Hall–Kier alpha value is -14.4. The summed E-state index contributed by atoms with van der Waals surface area (Å²) in [4.78, 5) is 95.1. The molecule has 0 saturated carbocycles. The quantitative estimate of drug-likeness (QED) is 0.0130. The van der Waals surface area contributed by atoms with Gasteiger partial charge < -0.3 is 116 Å². The Morgan fingerprint density at radius 3 is 1.25 bits per heavy atom. The van der Waals surface area contributed by atoms with Crippen LogP contribution < -0.4 is 39.1 Å². The number of fused-ring (bicyclic) bond motifs is 2. The third-order valence-corrected chi connectivity index (χ3v) is 19.4. The summed E-state index contributed by atoms with van der Waals surface area (Å²) in [6.07, 6.45) is 1.69. The van der Waals surface area contributed by atoms with Crippen molar-refractivity contribution >= 4 is 63.5 Å². The molecule has 0 radical (unpaired) electrons. The van der Waals surface area contributed by atoms with Crippen molar-refractivity contribution in [1.82, 2.24) is 34.7 Å². The highest BCUT2D eigenvalue weighted by atomic mass is 79.9. The molecule has 6 heterocycles. The van der Waals surface area contributed by atoms with Crippen molar-refractivity contribution < 1.29 is 161 Å². The van der Waals surface area contributed by atoms with Crippen LogP contribution in [0.2, 0.25) is 0 Å². The first-order valence-corrected chi connectivity index (χ1v) is 42.2. The van der Waals surface area contributed by atoms with Gasteiger partial charge in [-0.2, -0.15) is 0 Å². The third kappa shape index (κ3) is 33.8. The number of methoxy groups -OCH3 is 6. The van der Waals surface area contributed by atoms with Gasteiger partial charge in [-0.05, 0) is 189 Å². The molecule has 11 aromatic rings. The number of phenolic OH excluding ortho intramolecular Hbond substituents is 1. The van der Waals surface area contributed by atoms with E-state index in [4.69, 9.17) is 87.0 Å². The van der Waals surface area contributed by atoms with Crippen LogP contribution >= 0.6 is 15.9 Å². The van der Waals surface area contributed by atoms with Gasteiger partial charge >= 0.3 is 29.8 Å². The molecule has 0 fully saturated rings. The molecule has 0 bridgehead atoms. The van der Waals surface area contributed by atoms with Gasteiger partial charge in [0.15, 0.2) is 122 Å². The minimum absolute atomic E-state index is 0.00533. The predicted octanol–water partition coefficient (Wildman–Crippen LogP) is 14.5. The number of hydrogen-bond donors (Lipinski definition) is 6. The predicted molar refractivity (Wildman–Crippen MR) is 483 cm³/mol. The first-order valence-electron chi connectivity index (χ1n) is 41.4. The number of nitrogens with zero attached hydrogens (tertiary/aromatic N) is 6. The highest BCUT2D eigenvalue weighted by Gasteiger charge is 2.28. The number of pyridine rings is 1. The van der Waals surface area contributed by atoms with E-state index in [0.717, 1.165) is 128 Å². The van der Waals surface area contributed by atoms with Crippen molar-refractivity contribution in [1.29, 1.82) is 0 Å². The van der Waals surface area contributed by atoms with Crippen LogP contribution in [0, 0.1) is 54.6 Å². The number of imidazole rings is 2. The molecule has 6 N–H and O–H groups in total. The molecule has 2 amide bonds. The van der Waals surface area contributed by atoms with Crippen LogP contribution in [0.4, 0.5) is 30.7 Å². The van der Waals surface area contributed by atoms with E-state index < -0.39 is 94.7 Å². The molecule has 8 aromatic carbocycles. The van der Waals surface area contributed by atoms with Crippen LogP contribution in [0.5, 0.6) is 40.2 Å². The standard InChI is InChI=1S/C23H26FN3O3.C18H18FNO5.C16H18BrFN2O3.C11H12FNO5.C11H10FNO4.C9H9FO4.C7H5FO3/c1-14-9-18(10-15(2)25-14)22-20-7-8-29-16(3)12-27(20)23(26-22)17-5-6-19(24)21(11-17)30-13-28-4;1-23-12-25-16-9-14(7-8-15(16)19)18(22)20-10-17(21)24-11-13-5-3-2-4-6-13;1-10-8-20-13(5-6-22-10)15(17)19-16(20)11-3-4-12(18)14(7-11)23-9-21-2;1-17-6-18-9-4-7(2-3-8(9)12)11(16)13-5-10(14)15;1-15-6-16-9-4-7(2-3-8(9)12)11-13-5-10(14)17-11;1-13-5-14-8-4-6(9(11)12)2-3-7(8)10;8-5-2-1-4(7(10)11)3-6(5)9/h5-6,9-11,16H,7-8,12-13H2,1-4H3;2-9H,10-12H2,1H3,(H,20,22);3-4,7,10H,5-6,8-9H2,1-2H3;2-4H,5-6H2,1H3,(H,13,16)(H,14,15);2-4H,5-6H2,1H3;2-4H,5H2,1H3,(H,11,12);1-3,9H,(H,10,11)/t16-;;10-;;;;/m1.1..../s1. The summed E-state index contributed by atoms with van der Waals surface area (Å²) in [6, 6.07) is 40.1. The van der Waals surface area contributed by atoms with Crippen LogP contribution in [0.3, 0.4) is 0 Å². The van der Waals surface area contributed by atoms with E-state index in [2.05, 4.69) is 71.8 Å². The van der Waals surface area contributed by atoms with Crippen molar-refractivity contribution in [3.8, 4) is 74.3 Å². The molecule has 0 aliphatic carbocycles. The van der Waals surface area contributed by atoms with Gasteiger partial charge in [-0.15, -0.1) is 0 Å². The number of cyclic esters (lactones) is 1. The van der Waals surface area contributed by atoms with E-state index >= 15 is 0 Å². The molecule has 3 aliphatic rings. The molecule has 0 saturated heterocycles. The zero-order chi connectivity index (χ0) is 100. The normalized spacial score (nSPS) is 13.1. The fourth-order valence-electron chi connectivity index (χ4n) is 12.5. The minimum atomic E-state index is -1.19. The molecule has 3 aromatic heterocycles. The summed E-state index contributed by atoms with van der Waals surface area (Å²) in [6.45, 7) is 9.52. The van der Waals surface area contributed by atoms with Gasteiger partial charge in [0.2, 0.25) is 5.90 Å². The number of carbonyl (C=O) groups excluding carboxylic acids is 4. The van der Waals surface area contributed by atoms with Crippen molar-refractivity contribution in [2.45, 2.75) is 72.4 Å². The number of rotatable bonds is 32. The summed E-state index contributed by atoms with van der Waals surface area (Å²) in [5, 5.41) is 38.7. The molecular weight excluding hydrogens is 1900 g/mol. The van der Waals surface area contributed by atoms with Gasteiger partial charge in [0.25, 0.3) is 11.8 Å². The Kier molecular flexibility index (Phi) is 43.8. The SMILES string of the molecule is COCOc1cc(-c2nc(-c3cc(C)nc(C)c3)c3n2C[C@@H](C)OCC3)ccc1F.COCOc1cc(-c2nc(Br)c3n2C[C@@H](C)OCC3)ccc1F.COCOc1cc(C(=O)NCC(=O)O)ccc1F.COCOc1cc(C(=O)NCC(=O)OCc2ccccc2)ccc1F.COCOc1cc(C(=O)O)ccc1F.COCOc1cc(C2=NCC(=O)O2)ccc1F.O=C(O)c1ccc(F)c(O)c1. The average Bonchev–Trinajstić information content (AvgIpc) is 1.62. The molecule has 3 aliphatic heterocycles. The Morgan fingerprint density at radius 2 is 0.826 bits per heavy atom. The Bertz CT molecular complexity index is 5980. The number of ether oxygens (including phenoxy) is 16. The number of carbonyl (C=O) groups is 7. The fraction of sp³-hybridized carbons (Fsp3) is 0.295. The number of aromatic carboxylic acids is 2. The second-order valence-electron chi connectivity index (χ2n) is 29.1. The van der Waals surface area contributed by atoms with Gasteiger partial charge in [-0.25, -0.2) is 60.1 Å². The monoisotopic (exact) mass is 1990 g/mol. The number of hydrogen-bond acceptors (Lipinski definition) is 28. The first-order chi connectivity index (χ1) is 66.1. The second-order valence-corrected chi connectivity index (χ2v) is 29.8. The zero-order valence-corrected chi connectivity index (χ0v) is 77.6. The lowest BCUT2D eigenvalue weighted by atomic mass is 10.1. The lowest BCUT2D eigenvalue weighted by Gasteiger charge is -2.13. The molecular formula is C95H98BrF7N8O27. The maximum absolute atomic E-state index is 14.2. The van der Waals surface area contributed by atoms with Crippen LogP contribution in [0.15, 0.2) is 179 Å². The summed E-state index contributed by atoms with van der Waals surface area (Å²) < 4.78 is 179. The van der Waals surface area contributed by atoms with Gasteiger partial charge in [0.05, 0.1) is 61.0 Å². The number of aliphatic carboxylic acids is 1. The maximum Gasteiger partial charge on any atom is 0.335 e. The van der Waals surface area contributed by atoms with Crippen molar-refractivity contribution in [3.63, 3.8) is 0 Å². The molecule has 736 valence electrons. The molecule has 2 atom stereocenters. The van der Waals surface area contributed by atoms with Gasteiger partial charge in [0, 0.05) is 106 Å². The first kappa shape index (κ1) is 109. The van der Waals surface area contributed by atoms with Gasteiger partial charge in [0.1, 0.15) is 42.5 Å². The molecule has 0 spiro atoms. The van der Waals surface area contributed by atoms with Crippen molar-refractivity contribution in [3.05, 3.63) is 271 Å². The molecule has 35 nitrogen and oxygen atoms in total. The lowest BCUT2D eigenvalue weighted by molar-refractivity contribution is -0.143. The van der Waals surface area contributed by atoms with Crippen LogP contribution in [-0.2, 0) is 94.3 Å². The van der Waals surface area contributed by atoms with Gasteiger partial charge in [-0.3, -0.25) is 24.2 Å². The average molecular weight is 2000 g/mol. The summed E-state index contributed by atoms with van der Waals surface area (Å²) in [5.74, 6) is -8.73. The number of carboxylic acids is 3. The minimum Gasteiger partial charge on any atom is -0.505 e. The number of benzene rings is 8. The zero-order valence-electron chi connectivity index (χ0n) is 76.0. The maximum atomic E-state index is 14.2. The fourth-order valence-corrected chi connectivity index (χ4v) is 13.0. The number of esters is 2. The number of nitrogens with one attached hydrogen (secondary N) is 2. The van der Waals surface area contributed by atoms with Crippen LogP contribution in [0.1, 0.15) is 89.2 Å². The summed E-state index contributed by atoms with van der Waals surface area (Å²) in [5.41, 5.74) is 9.05. The van der Waals surface area contributed by atoms with Gasteiger partial charge in [-0.1, -0.05) is 30.3 Å².